The van der Waals surface area contributed by atoms with Crippen LogP contribution >= 0.6 is 11.3 Å². The minimum Gasteiger partial charge on any atom is -0.497 e. The van der Waals surface area contributed by atoms with E-state index in [4.69, 9.17) is 14.2 Å². The number of methoxy groups -OCH3 is 2. The van der Waals surface area contributed by atoms with Crippen LogP contribution in [0.2, 0.25) is 0 Å². The number of benzene rings is 2. The zero-order chi connectivity index (χ0) is 18.4. The summed E-state index contributed by atoms with van der Waals surface area (Å²) in [6.45, 7) is 0.266. The number of nitrogens with zero attached hydrogens (tertiary/aromatic N) is 2. The molecule has 1 amide bonds. The summed E-state index contributed by atoms with van der Waals surface area (Å²) in [5.41, 5.74) is 0.511. The Balaban J connectivity index is 1.55. The van der Waals surface area contributed by atoms with Gasteiger partial charge >= 0.3 is 0 Å². The molecule has 1 N–H and O–H groups in total. The van der Waals surface area contributed by atoms with Gasteiger partial charge in [0, 0.05) is 5.56 Å². The first-order valence-corrected chi connectivity index (χ1v) is 8.54. The minimum absolute atomic E-state index is 0.258. The average molecular weight is 371 g/mol. The molecule has 2 aromatic carbocycles. The highest BCUT2D eigenvalue weighted by Crippen LogP contribution is 2.21. The summed E-state index contributed by atoms with van der Waals surface area (Å²) in [7, 11) is 3.19. The van der Waals surface area contributed by atoms with Crippen molar-refractivity contribution in [2.24, 2.45) is 0 Å². The van der Waals surface area contributed by atoms with E-state index in [0.29, 0.717) is 27.2 Å². The smallest absolute Gasteiger partial charge is 0.257 e. The van der Waals surface area contributed by atoms with Crippen LogP contribution in [0.3, 0.4) is 0 Å². The lowest BCUT2D eigenvalue weighted by Gasteiger charge is -2.04. The highest BCUT2D eigenvalue weighted by Gasteiger charge is 2.11. The van der Waals surface area contributed by atoms with Crippen LogP contribution < -0.4 is 19.5 Å². The predicted molar refractivity (Wildman–Crippen MR) is 98.2 cm³/mol. The van der Waals surface area contributed by atoms with E-state index < -0.39 is 0 Å². The first-order chi connectivity index (χ1) is 12.7. The molecular formula is C18H17N3O4S. The molecule has 1 heterocycles. The molecule has 8 heteroatoms. The van der Waals surface area contributed by atoms with Crippen molar-refractivity contribution < 1.29 is 19.0 Å². The molecule has 0 fully saturated rings. The fourth-order valence-corrected chi connectivity index (χ4v) is 2.74. The molecule has 0 bridgehead atoms. The van der Waals surface area contributed by atoms with E-state index in [-0.39, 0.29) is 12.5 Å². The van der Waals surface area contributed by atoms with E-state index in [2.05, 4.69) is 15.5 Å². The molecular weight excluding hydrogens is 354 g/mol. The molecule has 0 aliphatic rings. The molecule has 3 rings (SSSR count). The molecule has 1 aromatic heterocycles. The maximum absolute atomic E-state index is 12.2. The normalized spacial score (nSPS) is 10.2. The fourth-order valence-electron chi connectivity index (χ4n) is 2.09. The Morgan fingerprint density at radius 1 is 0.923 bits per heavy atom. The van der Waals surface area contributed by atoms with Crippen molar-refractivity contribution in [2.45, 2.75) is 6.61 Å². The molecule has 0 spiro atoms. The van der Waals surface area contributed by atoms with Crippen LogP contribution in [0.5, 0.6) is 17.2 Å². The summed E-state index contributed by atoms with van der Waals surface area (Å²) in [6.07, 6.45) is 0. The Bertz CT molecular complexity index is 863. The number of carbonyl (C=O) groups excluding carboxylic acids is 1. The Morgan fingerprint density at radius 2 is 1.50 bits per heavy atom. The summed E-state index contributed by atoms with van der Waals surface area (Å²) in [5.74, 6) is 1.89. The molecule has 0 radical (unpaired) electrons. The van der Waals surface area contributed by atoms with Gasteiger partial charge in [-0.2, -0.15) is 0 Å². The van der Waals surface area contributed by atoms with Crippen LogP contribution in [0.4, 0.5) is 5.13 Å². The summed E-state index contributed by atoms with van der Waals surface area (Å²) in [4.78, 5) is 12.2. The second kappa shape index (κ2) is 8.30. The third-order valence-corrected chi connectivity index (χ3v) is 4.27. The largest absolute Gasteiger partial charge is 0.497 e. The molecule has 7 nitrogen and oxygen atoms in total. The van der Waals surface area contributed by atoms with Gasteiger partial charge in [-0.25, -0.2) is 0 Å². The van der Waals surface area contributed by atoms with Gasteiger partial charge in [0.1, 0.15) is 23.9 Å². The van der Waals surface area contributed by atoms with Crippen molar-refractivity contribution in [2.75, 3.05) is 19.5 Å². The van der Waals surface area contributed by atoms with E-state index in [0.717, 1.165) is 5.75 Å². The highest BCUT2D eigenvalue weighted by molar-refractivity contribution is 7.15. The number of hydrogen-bond donors (Lipinski definition) is 1. The number of carbonyl (C=O) groups is 1. The number of hydrogen-bond acceptors (Lipinski definition) is 7. The van der Waals surface area contributed by atoms with Crippen LogP contribution in [0.1, 0.15) is 15.4 Å². The first kappa shape index (κ1) is 17.7. The highest BCUT2D eigenvalue weighted by atomic mass is 32.1. The number of amides is 1. The molecule has 134 valence electrons. The van der Waals surface area contributed by atoms with Crippen LogP contribution in [-0.2, 0) is 6.61 Å². The quantitative estimate of drug-likeness (QED) is 0.685. The van der Waals surface area contributed by atoms with Gasteiger partial charge in [-0.3, -0.25) is 10.1 Å². The number of rotatable bonds is 7. The summed E-state index contributed by atoms with van der Waals surface area (Å²) in [5, 5.41) is 11.8. The van der Waals surface area contributed by atoms with E-state index in [1.807, 2.05) is 24.3 Å². The van der Waals surface area contributed by atoms with E-state index in [1.165, 1.54) is 11.3 Å². The summed E-state index contributed by atoms with van der Waals surface area (Å²) < 4.78 is 15.8. The van der Waals surface area contributed by atoms with E-state index in [9.17, 15) is 4.79 Å². The zero-order valence-electron chi connectivity index (χ0n) is 14.3. The number of anilines is 1. The summed E-state index contributed by atoms with van der Waals surface area (Å²) >= 11 is 1.26. The minimum atomic E-state index is -0.258. The Kier molecular flexibility index (Phi) is 5.65. The topological polar surface area (TPSA) is 82.6 Å². The molecule has 0 saturated heterocycles. The molecule has 0 aliphatic carbocycles. The molecule has 0 aliphatic heterocycles. The Labute approximate surface area is 154 Å². The van der Waals surface area contributed by atoms with Crippen LogP contribution in [-0.4, -0.2) is 30.3 Å². The van der Waals surface area contributed by atoms with Crippen molar-refractivity contribution in [1.82, 2.24) is 10.2 Å². The average Bonchev–Trinajstić information content (AvgIpc) is 3.14. The second-order valence-electron chi connectivity index (χ2n) is 5.15. The maximum Gasteiger partial charge on any atom is 0.257 e. The molecule has 0 saturated carbocycles. The molecule has 0 atom stereocenters. The maximum atomic E-state index is 12.2. The number of ether oxygens (including phenoxy) is 3. The van der Waals surface area contributed by atoms with Gasteiger partial charge in [-0.05, 0) is 48.5 Å². The SMILES string of the molecule is COc1ccc(OCc2nnc(NC(=O)c3ccc(OC)cc3)s2)cc1. The lowest BCUT2D eigenvalue weighted by Crippen LogP contribution is -2.11. The second-order valence-corrected chi connectivity index (χ2v) is 6.21. The van der Waals surface area contributed by atoms with Crippen molar-refractivity contribution in [1.29, 1.82) is 0 Å². The van der Waals surface area contributed by atoms with Crippen LogP contribution in [0, 0.1) is 0 Å². The standard InChI is InChI=1S/C18H17N3O4S/c1-23-13-5-3-12(4-6-13)17(22)19-18-21-20-16(26-18)11-25-15-9-7-14(24-2)8-10-15/h3-10H,11H2,1-2H3,(H,19,21,22). The van der Waals surface area contributed by atoms with Crippen molar-refractivity contribution in [3.63, 3.8) is 0 Å². The van der Waals surface area contributed by atoms with Gasteiger partial charge < -0.3 is 14.2 Å². The number of aromatic nitrogens is 2. The van der Waals surface area contributed by atoms with Gasteiger partial charge in [0.25, 0.3) is 5.91 Å². The van der Waals surface area contributed by atoms with E-state index >= 15 is 0 Å². The zero-order valence-corrected chi connectivity index (χ0v) is 15.1. The van der Waals surface area contributed by atoms with Crippen LogP contribution in [0.25, 0.3) is 0 Å². The van der Waals surface area contributed by atoms with Crippen molar-refractivity contribution >= 4 is 22.4 Å². The molecule has 0 unspecified atom stereocenters. The monoisotopic (exact) mass is 371 g/mol. The van der Waals surface area contributed by atoms with Gasteiger partial charge in [0.2, 0.25) is 5.13 Å². The van der Waals surface area contributed by atoms with Crippen molar-refractivity contribution in [3.05, 3.63) is 59.1 Å². The molecule has 3 aromatic rings. The van der Waals surface area contributed by atoms with Gasteiger partial charge in [0.05, 0.1) is 14.2 Å². The first-order valence-electron chi connectivity index (χ1n) is 7.72. The lowest BCUT2D eigenvalue weighted by atomic mass is 10.2. The number of nitrogens with one attached hydrogen (secondary N) is 1. The van der Waals surface area contributed by atoms with Gasteiger partial charge in [-0.15, -0.1) is 10.2 Å². The third kappa shape index (κ3) is 4.48. The van der Waals surface area contributed by atoms with Crippen LogP contribution in [0.15, 0.2) is 48.5 Å². The fraction of sp³-hybridized carbons (Fsp3) is 0.167. The predicted octanol–water partition coefficient (Wildman–Crippen LogP) is 3.39. The van der Waals surface area contributed by atoms with E-state index in [1.54, 1.807) is 38.5 Å². The summed E-state index contributed by atoms with van der Waals surface area (Å²) in [6, 6.07) is 14.1. The van der Waals surface area contributed by atoms with Gasteiger partial charge in [-0.1, -0.05) is 11.3 Å². The third-order valence-electron chi connectivity index (χ3n) is 3.46. The van der Waals surface area contributed by atoms with Gasteiger partial charge in [0.15, 0.2) is 5.01 Å². The molecule has 26 heavy (non-hydrogen) atoms. The van der Waals surface area contributed by atoms with Crippen molar-refractivity contribution in [3.8, 4) is 17.2 Å². The lowest BCUT2D eigenvalue weighted by molar-refractivity contribution is 0.102. The Morgan fingerprint density at radius 3 is 2.12 bits per heavy atom. The Hall–Kier alpha value is -3.13.